The van der Waals surface area contributed by atoms with Gasteiger partial charge in [0.05, 0.1) is 11.9 Å². The second kappa shape index (κ2) is 4.85. The van der Waals surface area contributed by atoms with Crippen LogP contribution in [-0.2, 0) is 13.5 Å². The van der Waals surface area contributed by atoms with E-state index in [2.05, 4.69) is 15.1 Å². The van der Waals surface area contributed by atoms with Crippen LogP contribution in [0.25, 0.3) is 0 Å². The maximum atomic E-state index is 6.02. The van der Waals surface area contributed by atoms with E-state index in [1.54, 1.807) is 23.3 Å². The number of rotatable bonds is 4. The number of aromatic nitrogens is 4. The third kappa shape index (κ3) is 2.64. The molecule has 2 aromatic rings. The molecule has 5 nitrogen and oxygen atoms in total. The van der Waals surface area contributed by atoms with Crippen molar-refractivity contribution in [2.45, 2.75) is 18.9 Å². The van der Waals surface area contributed by atoms with Crippen LogP contribution in [0.2, 0.25) is 0 Å². The predicted octanol–water partition coefficient (Wildman–Crippen LogP) is 0.843. The number of nitrogens with two attached hydrogens (primary N) is 1. The zero-order chi connectivity index (χ0) is 11.4. The Bertz CT molecular complexity index is 437. The Hall–Kier alpha value is -1.75. The number of hydrogen-bond acceptors (Lipinski definition) is 4. The molecule has 0 saturated heterocycles. The second-order valence-corrected chi connectivity index (χ2v) is 3.80. The molecular formula is C11H15N5. The molecule has 84 valence electrons. The summed E-state index contributed by atoms with van der Waals surface area (Å²) in [4.78, 5) is 8.19. The van der Waals surface area contributed by atoms with Gasteiger partial charge in [0, 0.05) is 37.9 Å². The SMILES string of the molecule is Cn1cc(CCC(N)c2cnccn2)cn1. The minimum Gasteiger partial charge on any atom is -0.323 e. The molecule has 0 amide bonds. The lowest BCUT2D eigenvalue weighted by Crippen LogP contribution is -2.13. The van der Waals surface area contributed by atoms with Gasteiger partial charge < -0.3 is 5.73 Å². The van der Waals surface area contributed by atoms with Crippen LogP contribution in [-0.4, -0.2) is 19.7 Å². The van der Waals surface area contributed by atoms with Crippen LogP contribution >= 0.6 is 0 Å². The summed E-state index contributed by atoms with van der Waals surface area (Å²) in [5.74, 6) is 0. The van der Waals surface area contributed by atoms with E-state index in [-0.39, 0.29) is 6.04 Å². The summed E-state index contributed by atoms with van der Waals surface area (Å²) in [5.41, 5.74) is 8.06. The monoisotopic (exact) mass is 217 g/mol. The van der Waals surface area contributed by atoms with E-state index in [0.717, 1.165) is 18.5 Å². The lowest BCUT2D eigenvalue weighted by Gasteiger charge is -2.08. The van der Waals surface area contributed by atoms with Gasteiger partial charge in [-0.2, -0.15) is 5.10 Å². The highest BCUT2D eigenvalue weighted by Gasteiger charge is 2.08. The maximum Gasteiger partial charge on any atom is 0.0753 e. The number of hydrogen-bond donors (Lipinski definition) is 1. The first-order valence-electron chi connectivity index (χ1n) is 5.24. The first kappa shape index (κ1) is 10.8. The van der Waals surface area contributed by atoms with Crippen molar-refractivity contribution in [3.63, 3.8) is 0 Å². The van der Waals surface area contributed by atoms with Crippen LogP contribution in [0.15, 0.2) is 31.0 Å². The average molecular weight is 217 g/mol. The molecule has 1 unspecified atom stereocenters. The predicted molar refractivity (Wildman–Crippen MR) is 60.5 cm³/mol. The molecule has 0 radical (unpaired) electrons. The van der Waals surface area contributed by atoms with Crippen molar-refractivity contribution in [1.29, 1.82) is 0 Å². The van der Waals surface area contributed by atoms with Crippen molar-refractivity contribution in [1.82, 2.24) is 19.7 Å². The van der Waals surface area contributed by atoms with E-state index in [9.17, 15) is 0 Å². The molecule has 0 fully saturated rings. The quantitative estimate of drug-likeness (QED) is 0.824. The van der Waals surface area contributed by atoms with Crippen LogP contribution < -0.4 is 5.73 Å². The minimum absolute atomic E-state index is 0.0612. The van der Waals surface area contributed by atoms with Gasteiger partial charge in [0.1, 0.15) is 0 Å². The first-order valence-corrected chi connectivity index (χ1v) is 5.24. The van der Waals surface area contributed by atoms with Gasteiger partial charge in [-0.05, 0) is 18.4 Å². The van der Waals surface area contributed by atoms with Gasteiger partial charge in [0.2, 0.25) is 0 Å². The van der Waals surface area contributed by atoms with Crippen molar-refractivity contribution in [3.8, 4) is 0 Å². The molecule has 2 heterocycles. The summed E-state index contributed by atoms with van der Waals surface area (Å²) in [6, 6.07) is -0.0612. The van der Waals surface area contributed by atoms with Crippen molar-refractivity contribution >= 4 is 0 Å². The standard InChI is InChI=1S/C11H15N5/c1-16-8-9(6-15-16)2-3-10(12)11-7-13-4-5-14-11/h4-8,10H,2-3,12H2,1H3. The van der Waals surface area contributed by atoms with Gasteiger partial charge >= 0.3 is 0 Å². The lowest BCUT2D eigenvalue weighted by molar-refractivity contribution is 0.629. The van der Waals surface area contributed by atoms with Crippen molar-refractivity contribution in [2.24, 2.45) is 12.8 Å². The highest BCUT2D eigenvalue weighted by Crippen LogP contribution is 2.13. The fourth-order valence-electron chi connectivity index (χ4n) is 1.57. The summed E-state index contributed by atoms with van der Waals surface area (Å²) in [7, 11) is 1.91. The fraction of sp³-hybridized carbons (Fsp3) is 0.364. The van der Waals surface area contributed by atoms with Gasteiger partial charge in [-0.15, -0.1) is 0 Å². The van der Waals surface area contributed by atoms with Gasteiger partial charge in [-0.1, -0.05) is 0 Å². The van der Waals surface area contributed by atoms with E-state index in [1.165, 1.54) is 5.56 Å². The molecule has 0 saturated carbocycles. The largest absolute Gasteiger partial charge is 0.323 e. The van der Waals surface area contributed by atoms with Gasteiger partial charge in [-0.3, -0.25) is 14.6 Å². The normalized spacial score (nSPS) is 12.6. The van der Waals surface area contributed by atoms with E-state index in [1.807, 2.05) is 19.4 Å². The molecule has 0 bridgehead atoms. The van der Waals surface area contributed by atoms with Crippen LogP contribution in [0.1, 0.15) is 23.7 Å². The molecule has 0 aliphatic rings. The Morgan fingerprint density at radius 2 is 2.25 bits per heavy atom. The average Bonchev–Trinajstić information content (AvgIpc) is 2.73. The third-order valence-electron chi connectivity index (χ3n) is 2.47. The molecule has 0 spiro atoms. The van der Waals surface area contributed by atoms with E-state index >= 15 is 0 Å². The molecule has 1 atom stereocenters. The molecule has 2 rings (SSSR count). The van der Waals surface area contributed by atoms with Crippen LogP contribution in [0.3, 0.4) is 0 Å². The van der Waals surface area contributed by atoms with Crippen molar-refractivity contribution < 1.29 is 0 Å². The first-order chi connectivity index (χ1) is 7.75. The summed E-state index contributed by atoms with van der Waals surface area (Å²) >= 11 is 0. The third-order valence-corrected chi connectivity index (χ3v) is 2.47. The lowest BCUT2D eigenvalue weighted by atomic mass is 10.1. The van der Waals surface area contributed by atoms with Gasteiger partial charge in [0.25, 0.3) is 0 Å². The number of aryl methyl sites for hydroxylation is 2. The second-order valence-electron chi connectivity index (χ2n) is 3.80. The van der Waals surface area contributed by atoms with Crippen molar-refractivity contribution in [3.05, 3.63) is 42.2 Å². The van der Waals surface area contributed by atoms with Gasteiger partial charge in [-0.25, -0.2) is 0 Å². The zero-order valence-electron chi connectivity index (χ0n) is 9.24. The van der Waals surface area contributed by atoms with Crippen molar-refractivity contribution in [2.75, 3.05) is 0 Å². The Morgan fingerprint density at radius 3 is 2.88 bits per heavy atom. The molecule has 0 aromatic carbocycles. The number of nitrogens with zero attached hydrogens (tertiary/aromatic N) is 4. The highest BCUT2D eigenvalue weighted by atomic mass is 15.2. The molecule has 2 aromatic heterocycles. The smallest absolute Gasteiger partial charge is 0.0753 e. The minimum atomic E-state index is -0.0612. The van der Waals surface area contributed by atoms with E-state index in [0.29, 0.717) is 0 Å². The maximum absolute atomic E-state index is 6.02. The van der Waals surface area contributed by atoms with E-state index in [4.69, 9.17) is 5.73 Å². The molecule has 0 aliphatic heterocycles. The molecule has 0 aliphatic carbocycles. The van der Waals surface area contributed by atoms with Gasteiger partial charge in [0.15, 0.2) is 0 Å². The highest BCUT2D eigenvalue weighted by molar-refractivity contribution is 5.07. The summed E-state index contributed by atoms with van der Waals surface area (Å²) in [6.45, 7) is 0. The summed E-state index contributed by atoms with van der Waals surface area (Å²) in [6.07, 6.45) is 10.7. The van der Waals surface area contributed by atoms with Crippen LogP contribution in [0.5, 0.6) is 0 Å². The molecule has 2 N–H and O–H groups in total. The molecule has 16 heavy (non-hydrogen) atoms. The summed E-state index contributed by atoms with van der Waals surface area (Å²) in [5, 5.41) is 4.12. The Balaban J connectivity index is 1.91. The Labute approximate surface area is 94.3 Å². The van der Waals surface area contributed by atoms with Crippen LogP contribution in [0, 0.1) is 0 Å². The zero-order valence-corrected chi connectivity index (χ0v) is 9.24. The van der Waals surface area contributed by atoms with E-state index < -0.39 is 0 Å². The Kier molecular flexibility index (Phi) is 3.26. The topological polar surface area (TPSA) is 69.6 Å². The fourth-order valence-corrected chi connectivity index (χ4v) is 1.57. The Morgan fingerprint density at radius 1 is 1.38 bits per heavy atom. The molecular weight excluding hydrogens is 202 g/mol. The van der Waals surface area contributed by atoms with Crippen LogP contribution in [0.4, 0.5) is 0 Å². The molecule has 5 heteroatoms. The summed E-state index contributed by atoms with van der Waals surface area (Å²) < 4.78 is 1.79.